The van der Waals surface area contributed by atoms with E-state index in [0.29, 0.717) is 11.6 Å². The molecule has 4 atom stereocenters. The second kappa shape index (κ2) is 3.74. The molecule has 5 aliphatic rings. The maximum atomic E-state index is 13.3. The van der Waals surface area contributed by atoms with E-state index in [1.54, 1.807) is 9.36 Å². The third-order valence-electron chi connectivity index (χ3n) is 6.71. The average Bonchev–Trinajstić information content (AvgIpc) is 3.31. The minimum atomic E-state index is -0.364. The molecule has 0 saturated heterocycles. The molecule has 1 fully saturated rings. The first-order valence-electron chi connectivity index (χ1n) is 8.56. The van der Waals surface area contributed by atoms with Gasteiger partial charge in [-0.15, -0.1) is 0 Å². The molecule has 0 radical (unpaired) electrons. The predicted molar refractivity (Wildman–Crippen MR) is 89.4 cm³/mol. The van der Waals surface area contributed by atoms with E-state index in [1.807, 2.05) is 30.3 Å². The molecule has 1 saturated carbocycles. The number of nitrogens with zero attached hydrogens (tertiary/aromatic N) is 3. The summed E-state index contributed by atoms with van der Waals surface area (Å²) < 4.78 is 4.84. The summed E-state index contributed by atoms with van der Waals surface area (Å²) in [7, 11) is 0. The van der Waals surface area contributed by atoms with Crippen LogP contribution >= 0.6 is 0 Å². The summed E-state index contributed by atoms with van der Waals surface area (Å²) in [5, 5.41) is 0. The highest BCUT2D eigenvalue weighted by Crippen LogP contribution is 2.74. The van der Waals surface area contributed by atoms with E-state index in [9.17, 15) is 9.59 Å². The standard InChI is InChI=1S/C19H17N3O2/c23-16-20(13-6-2-1-3-7-13)17(24)22-19-10-5-4-9-18(19)12-14(18)15(8-11-19)21(16)22/h1-8,11,14-15H,9-10,12H2. The van der Waals surface area contributed by atoms with Crippen molar-refractivity contribution in [3.05, 3.63) is 75.6 Å². The van der Waals surface area contributed by atoms with E-state index >= 15 is 0 Å². The van der Waals surface area contributed by atoms with Crippen LogP contribution in [0, 0.1) is 11.3 Å². The molecule has 5 nitrogen and oxygen atoms in total. The molecule has 5 heteroatoms. The van der Waals surface area contributed by atoms with Crippen LogP contribution in [-0.2, 0) is 5.54 Å². The fourth-order valence-electron chi connectivity index (χ4n) is 5.57. The quantitative estimate of drug-likeness (QED) is 0.755. The highest BCUT2D eigenvalue weighted by Gasteiger charge is 2.74. The maximum Gasteiger partial charge on any atom is 0.352 e. The van der Waals surface area contributed by atoms with E-state index in [0.717, 1.165) is 19.3 Å². The van der Waals surface area contributed by atoms with Gasteiger partial charge in [0.15, 0.2) is 0 Å². The van der Waals surface area contributed by atoms with Crippen LogP contribution in [0.15, 0.2) is 64.2 Å². The van der Waals surface area contributed by atoms with Crippen molar-refractivity contribution in [3.8, 4) is 5.69 Å². The number of hydrogen-bond donors (Lipinski definition) is 0. The average molecular weight is 319 g/mol. The number of aromatic nitrogens is 3. The molecule has 2 aliphatic heterocycles. The molecule has 3 aliphatic carbocycles. The number of para-hydroxylation sites is 1. The zero-order valence-electron chi connectivity index (χ0n) is 13.1. The number of hydrogen-bond acceptors (Lipinski definition) is 2. The van der Waals surface area contributed by atoms with Crippen LogP contribution in [0.5, 0.6) is 0 Å². The molecule has 24 heavy (non-hydrogen) atoms. The van der Waals surface area contributed by atoms with Crippen LogP contribution in [0.2, 0.25) is 0 Å². The molecule has 1 aromatic heterocycles. The summed E-state index contributed by atoms with van der Waals surface area (Å²) in [5.41, 5.74) is -0.0000816. The Kier molecular flexibility index (Phi) is 2.00. The first kappa shape index (κ1) is 12.8. The number of allylic oxidation sites excluding steroid dienone is 4. The van der Waals surface area contributed by atoms with E-state index < -0.39 is 0 Å². The molecule has 0 amide bonds. The normalized spacial score (nSPS) is 37.0. The second-order valence-corrected chi connectivity index (χ2v) is 7.51. The topological polar surface area (TPSA) is 48.9 Å². The first-order valence-corrected chi connectivity index (χ1v) is 8.56. The van der Waals surface area contributed by atoms with Crippen molar-refractivity contribution < 1.29 is 0 Å². The van der Waals surface area contributed by atoms with Gasteiger partial charge in [-0.2, -0.15) is 0 Å². The van der Waals surface area contributed by atoms with Gasteiger partial charge in [-0.25, -0.2) is 23.5 Å². The molecule has 0 N–H and O–H groups in total. The van der Waals surface area contributed by atoms with Crippen LogP contribution in [0.4, 0.5) is 0 Å². The van der Waals surface area contributed by atoms with E-state index in [2.05, 4.69) is 24.3 Å². The van der Waals surface area contributed by atoms with Gasteiger partial charge in [0, 0.05) is 5.41 Å². The largest absolute Gasteiger partial charge is 0.352 e. The van der Waals surface area contributed by atoms with E-state index in [-0.39, 0.29) is 28.4 Å². The Morgan fingerprint density at radius 2 is 1.79 bits per heavy atom. The molecular weight excluding hydrogens is 302 g/mol. The molecule has 2 spiro atoms. The summed E-state index contributed by atoms with van der Waals surface area (Å²) >= 11 is 0. The molecule has 2 bridgehead atoms. The molecule has 4 unspecified atom stereocenters. The van der Waals surface area contributed by atoms with Gasteiger partial charge >= 0.3 is 11.4 Å². The van der Waals surface area contributed by atoms with Crippen molar-refractivity contribution in [1.29, 1.82) is 0 Å². The SMILES string of the molecule is O=c1n(-c2ccccc2)c(=O)n2n1C1C=CC23CC=CCC32CC12. The fraction of sp³-hybridized carbons (Fsp3) is 0.368. The summed E-state index contributed by atoms with van der Waals surface area (Å²) in [4.78, 5) is 26.4. The van der Waals surface area contributed by atoms with Crippen molar-refractivity contribution in [3.63, 3.8) is 0 Å². The lowest BCUT2D eigenvalue weighted by molar-refractivity contribution is 0.0633. The Bertz CT molecular complexity index is 1050. The predicted octanol–water partition coefficient (Wildman–Crippen LogP) is 1.98. The highest BCUT2D eigenvalue weighted by atomic mass is 16.2. The highest BCUT2D eigenvalue weighted by molar-refractivity contribution is 5.38. The minimum absolute atomic E-state index is 0.0172. The zero-order valence-corrected chi connectivity index (χ0v) is 13.1. The van der Waals surface area contributed by atoms with Crippen molar-refractivity contribution in [2.75, 3.05) is 0 Å². The minimum Gasteiger partial charge on any atom is -0.245 e. The molecule has 7 rings (SSSR count). The van der Waals surface area contributed by atoms with Gasteiger partial charge in [0.2, 0.25) is 0 Å². The number of benzene rings is 1. The Hall–Kier alpha value is -2.56. The number of rotatable bonds is 1. The van der Waals surface area contributed by atoms with Gasteiger partial charge in [-0.3, -0.25) is 0 Å². The first-order chi connectivity index (χ1) is 11.7. The van der Waals surface area contributed by atoms with E-state index in [1.165, 1.54) is 4.57 Å². The molecule has 120 valence electrons. The lowest BCUT2D eigenvalue weighted by atomic mass is 9.66. The third kappa shape index (κ3) is 1.13. The molecule has 3 heterocycles. The summed E-state index contributed by atoms with van der Waals surface area (Å²) in [6.07, 6.45) is 11.7. The maximum absolute atomic E-state index is 13.3. The van der Waals surface area contributed by atoms with E-state index in [4.69, 9.17) is 0 Å². The lowest BCUT2D eigenvalue weighted by Crippen LogP contribution is -2.57. The molecule has 2 aromatic rings. The van der Waals surface area contributed by atoms with Gasteiger partial charge in [-0.05, 0) is 37.3 Å². The van der Waals surface area contributed by atoms with Crippen molar-refractivity contribution in [2.24, 2.45) is 11.3 Å². The van der Waals surface area contributed by atoms with Gasteiger partial charge in [0.1, 0.15) is 0 Å². The Morgan fingerprint density at radius 3 is 2.62 bits per heavy atom. The van der Waals surface area contributed by atoms with Crippen LogP contribution < -0.4 is 11.4 Å². The van der Waals surface area contributed by atoms with Gasteiger partial charge in [-0.1, -0.05) is 42.5 Å². The summed E-state index contributed by atoms with van der Waals surface area (Å²) in [6.45, 7) is 0. The zero-order chi connectivity index (χ0) is 16.1. The van der Waals surface area contributed by atoms with Crippen LogP contribution in [0.25, 0.3) is 5.69 Å². The molecular formula is C19H17N3O2. The van der Waals surface area contributed by atoms with Gasteiger partial charge < -0.3 is 0 Å². The third-order valence-corrected chi connectivity index (χ3v) is 6.71. The monoisotopic (exact) mass is 319 g/mol. The van der Waals surface area contributed by atoms with Gasteiger partial charge in [0.05, 0.1) is 17.3 Å². The summed E-state index contributed by atoms with van der Waals surface area (Å²) in [6, 6.07) is 9.26. The fourth-order valence-corrected chi connectivity index (χ4v) is 5.57. The van der Waals surface area contributed by atoms with Gasteiger partial charge in [0.25, 0.3) is 0 Å². The Balaban J connectivity index is 1.72. The van der Waals surface area contributed by atoms with Crippen LogP contribution in [0.1, 0.15) is 25.3 Å². The van der Waals surface area contributed by atoms with Crippen molar-refractivity contribution in [1.82, 2.24) is 13.9 Å². The Morgan fingerprint density at radius 1 is 1.00 bits per heavy atom. The van der Waals surface area contributed by atoms with Crippen LogP contribution in [0.3, 0.4) is 0 Å². The second-order valence-electron chi connectivity index (χ2n) is 7.51. The Labute approximate surface area is 138 Å². The summed E-state index contributed by atoms with van der Waals surface area (Å²) in [5.74, 6) is 0.483. The smallest absolute Gasteiger partial charge is 0.245 e. The lowest BCUT2D eigenvalue weighted by Gasteiger charge is -2.50. The van der Waals surface area contributed by atoms with Crippen LogP contribution in [-0.4, -0.2) is 13.9 Å². The van der Waals surface area contributed by atoms with Crippen molar-refractivity contribution >= 4 is 0 Å². The molecule has 1 aromatic carbocycles. The van der Waals surface area contributed by atoms with Crippen molar-refractivity contribution in [2.45, 2.75) is 30.8 Å².